The van der Waals surface area contributed by atoms with Crippen molar-refractivity contribution in [1.29, 1.82) is 0 Å². The molecule has 0 amide bonds. The van der Waals surface area contributed by atoms with Crippen molar-refractivity contribution in [1.82, 2.24) is 5.32 Å². The Kier molecular flexibility index (Phi) is 4.49. The molecule has 0 aromatic heterocycles. The van der Waals surface area contributed by atoms with E-state index in [-0.39, 0.29) is 18.0 Å². The Morgan fingerprint density at radius 3 is 2.83 bits per heavy atom. The lowest BCUT2D eigenvalue weighted by molar-refractivity contribution is -0.146. The van der Waals surface area contributed by atoms with Crippen molar-refractivity contribution >= 4 is 5.97 Å². The molecule has 134 valence electrons. The van der Waals surface area contributed by atoms with E-state index in [1.165, 1.54) is 56.9 Å². The zero-order valence-corrected chi connectivity index (χ0v) is 15.2. The maximum absolute atomic E-state index is 12.5. The minimum atomic E-state index is 0.0566. The molecule has 1 N–H and O–H groups in total. The summed E-state index contributed by atoms with van der Waals surface area (Å²) in [5.41, 5.74) is 1.74. The van der Waals surface area contributed by atoms with Gasteiger partial charge in [-0.3, -0.25) is 4.79 Å². The van der Waals surface area contributed by atoms with Gasteiger partial charge in [-0.05, 0) is 56.3 Å². The van der Waals surface area contributed by atoms with E-state index in [9.17, 15) is 4.79 Å². The molecule has 24 heavy (non-hydrogen) atoms. The Morgan fingerprint density at radius 1 is 1.25 bits per heavy atom. The van der Waals surface area contributed by atoms with E-state index in [1.807, 2.05) is 0 Å². The predicted octanol–water partition coefficient (Wildman–Crippen LogP) is 4.22. The van der Waals surface area contributed by atoms with Crippen molar-refractivity contribution < 1.29 is 9.53 Å². The fourth-order valence-electron chi connectivity index (χ4n) is 6.09. The average molecular weight is 332 g/mol. The summed E-state index contributed by atoms with van der Waals surface area (Å²) in [6.07, 6.45) is 12.6. The van der Waals surface area contributed by atoms with E-state index in [1.54, 1.807) is 0 Å². The molecule has 0 spiro atoms. The van der Waals surface area contributed by atoms with Crippen LogP contribution in [0.3, 0.4) is 0 Å². The number of hydrogen-bond acceptors (Lipinski definition) is 3. The Labute approximate surface area is 146 Å². The van der Waals surface area contributed by atoms with Crippen LogP contribution < -0.4 is 5.32 Å². The van der Waals surface area contributed by atoms with Crippen LogP contribution in [0.2, 0.25) is 0 Å². The highest BCUT2D eigenvalue weighted by Crippen LogP contribution is 2.56. The van der Waals surface area contributed by atoms with Gasteiger partial charge in [0.15, 0.2) is 0 Å². The molecule has 1 saturated heterocycles. The first-order valence-corrected chi connectivity index (χ1v) is 10.2. The van der Waals surface area contributed by atoms with Gasteiger partial charge in [-0.15, -0.1) is 0 Å². The van der Waals surface area contributed by atoms with Gasteiger partial charge in [0.25, 0.3) is 0 Å². The third-order valence-electron chi connectivity index (χ3n) is 7.55. The second-order valence-corrected chi connectivity index (χ2v) is 9.15. The molecule has 0 radical (unpaired) electrons. The molecule has 5 atom stereocenters. The van der Waals surface area contributed by atoms with Crippen LogP contribution in [0.15, 0.2) is 12.2 Å². The SMILES string of the molecule is C=C1CCC[C@]2(C)C[C@H]3OC(=O)[C@H](CNC4CCCCC4)[C@H]3C[C@H]12. The van der Waals surface area contributed by atoms with Gasteiger partial charge in [0.2, 0.25) is 0 Å². The van der Waals surface area contributed by atoms with Crippen molar-refractivity contribution in [3.05, 3.63) is 12.2 Å². The minimum Gasteiger partial charge on any atom is -0.462 e. The molecule has 4 rings (SSSR count). The summed E-state index contributed by atoms with van der Waals surface area (Å²) in [4.78, 5) is 12.5. The Balaban J connectivity index is 1.43. The zero-order chi connectivity index (χ0) is 16.7. The van der Waals surface area contributed by atoms with Gasteiger partial charge < -0.3 is 10.1 Å². The normalized spacial score (nSPS) is 43.2. The first-order valence-electron chi connectivity index (χ1n) is 10.2. The van der Waals surface area contributed by atoms with E-state index in [0.29, 0.717) is 23.3 Å². The fourth-order valence-corrected chi connectivity index (χ4v) is 6.09. The zero-order valence-electron chi connectivity index (χ0n) is 15.2. The Bertz CT molecular complexity index is 510. The number of carbonyl (C=O) groups excluding carboxylic acids is 1. The molecule has 0 aromatic rings. The molecule has 3 saturated carbocycles. The molecule has 4 aliphatic rings. The number of hydrogen-bond donors (Lipinski definition) is 1. The second kappa shape index (κ2) is 6.48. The largest absolute Gasteiger partial charge is 0.462 e. The van der Waals surface area contributed by atoms with Crippen molar-refractivity contribution in [2.45, 2.75) is 83.3 Å². The van der Waals surface area contributed by atoms with Crippen LogP contribution in [0.1, 0.15) is 71.1 Å². The lowest BCUT2D eigenvalue weighted by Gasteiger charge is -2.50. The summed E-state index contributed by atoms with van der Waals surface area (Å²) < 4.78 is 5.86. The summed E-state index contributed by atoms with van der Waals surface area (Å²) in [7, 11) is 0. The van der Waals surface area contributed by atoms with Crippen molar-refractivity contribution in [3.8, 4) is 0 Å². The third kappa shape index (κ3) is 2.94. The quantitative estimate of drug-likeness (QED) is 0.621. The van der Waals surface area contributed by atoms with Crippen molar-refractivity contribution in [3.63, 3.8) is 0 Å². The van der Waals surface area contributed by atoms with Gasteiger partial charge >= 0.3 is 5.97 Å². The standard InChI is InChI=1S/C21H33NO2/c1-14-7-6-10-21(2)12-19-16(11-18(14)21)17(20(23)24-19)13-22-15-8-4-3-5-9-15/h15-19,22H,1,3-13H2,2H3/t16-,17-,18-,19-,21-/m1/s1. The molecule has 1 aliphatic heterocycles. The van der Waals surface area contributed by atoms with E-state index < -0.39 is 0 Å². The van der Waals surface area contributed by atoms with Gasteiger partial charge in [-0.25, -0.2) is 0 Å². The first kappa shape index (κ1) is 16.6. The van der Waals surface area contributed by atoms with Crippen molar-refractivity contribution in [2.75, 3.05) is 6.54 Å². The predicted molar refractivity (Wildman–Crippen MR) is 95.6 cm³/mol. The van der Waals surface area contributed by atoms with Gasteiger partial charge in [0.1, 0.15) is 6.10 Å². The molecule has 4 fully saturated rings. The second-order valence-electron chi connectivity index (χ2n) is 9.15. The smallest absolute Gasteiger partial charge is 0.310 e. The summed E-state index contributed by atoms with van der Waals surface area (Å²) in [6.45, 7) is 7.60. The number of carbonyl (C=O) groups is 1. The number of esters is 1. The highest BCUT2D eigenvalue weighted by molar-refractivity contribution is 5.75. The third-order valence-corrected chi connectivity index (χ3v) is 7.55. The average Bonchev–Trinajstić information content (AvgIpc) is 2.86. The van der Waals surface area contributed by atoms with Gasteiger partial charge in [0.05, 0.1) is 5.92 Å². The number of rotatable bonds is 3. The summed E-state index contributed by atoms with van der Waals surface area (Å²) >= 11 is 0. The number of ether oxygens (including phenoxy) is 1. The molecular formula is C21H33NO2. The van der Waals surface area contributed by atoms with Crippen LogP contribution in [0, 0.1) is 23.2 Å². The van der Waals surface area contributed by atoms with Crippen LogP contribution >= 0.6 is 0 Å². The maximum Gasteiger partial charge on any atom is 0.310 e. The van der Waals surface area contributed by atoms with E-state index in [2.05, 4.69) is 18.8 Å². The topological polar surface area (TPSA) is 38.3 Å². The molecular weight excluding hydrogens is 298 g/mol. The molecule has 0 aromatic carbocycles. The first-order chi connectivity index (χ1) is 11.6. The minimum absolute atomic E-state index is 0.0566. The number of fused-ring (bicyclic) bond motifs is 2. The summed E-state index contributed by atoms with van der Waals surface area (Å²) in [5.74, 6) is 1.12. The van der Waals surface area contributed by atoms with Gasteiger partial charge in [-0.1, -0.05) is 38.3 Å². The highest BCUT2D eigenvalue weighted by Gasteiger charge is 2.54. The number of allylic oxidation sites excluding steroid dienone is 1. The van der Waals surface area contributed by atoms with Crippen LogP contribution in [0.4, 0.5) is 0 Å². The molecule has 3 aliphatic carbocycles. The number of nitrogens with one attached hydrogen (secondary N) is 1. The van der Waals surface area contributed by atoms with Crippen LogP contribution in [-0.2, 0) is 9.53 Å². The molecule has 1 heterocycles. The fraction of sp³-hybridized carbons (Fsp3) is 0.857. The Morgan fingerprint density at radius 2 is 2.04 bits per heavy atom. The van der Waals surface area contributed by atoms with Gasteiger partial charge in [-0.2, -0.15) is 0 Å². The monoisotopic (exact) mass is 331 g/mol. The van der Waals surface area contributed by atoms with Crippen LogP contribution in [0.5, 0.6) is 0 Å². The van der Waals surface area contributed by atoms with Gasteiger partial charge in [0, 0.05) is 18.5 Å². The van der Waals surface area contributed by atoms with E-state index >= 15 is 0 Å². The van der Waals surface area contributed by atoms with Crippen LogP contribution in [-0.4, -0.2) is 24.7 Å². The summed E-state index contributed by atoms with van der Waals surface area (Å²) in [5, 5.41) is 3.70. The lowest BCUT2D eigenvalue weighted by atomic mass is 9.55. The van der Waals surface area contributed by atoms with E-state index in [4.69, 9.17) is 4.74 Å². The maximum atomic E-state index is 12.5. The van der Waals surface area contributed by atoms with E-state index in [0.717, 1.165) is 19.4 Å². The lowest BCUT2D eigenvalue weighted by Crippen LogP contribution is -2.46. The molecule has 3 nitrogen and oxygen atoms in total. The summed E-state index contributed by atoms with van der Waals surface area (Å²) in [6, 6.07) is 0.615. The molecule has 3 heteroatoms. The van der Waals surface area contributed by atoms with Crippen molar-refractivity contribution in [2.24, 2.45) is 23.2 Å². The van der Waals surface area contributed by atoms with Crippen LogP contribution in [0.25, 0.3) is 0 Å². The Hall–Kier alpha value is -0.830. The molecule has 0 bridgehead atoms. The molecule has 0 unspecified atom stereocenters. The highest BCUT2D eigenvalue weighted by atomic mass is 16.6.